The Kier molecular flexibility index (Phi) is 5.76. The highest BCUT2D eigenvalue weighted by Crippen LogP contribution is 2.39. The van der Waals surface area contributed by atoms with Gasteiger partial charge in [-0.15, -0.1) is 0 Å². The molecular formula is C17H22BNO5S. The van der Waals surface area contributed by atoms with Crippen molar-refractivity contribution in [1.29, 1.82) is 0 Å². The molecule has 6 nitrogen and oxygen atoms in total. The van der Waals surface area contributed by atoms with Gasteiger partial charge in [-0.3, -0.25) is 9.78 Å². The van der Waals surface area contributed by atoms with E-state index in [9.17, 15) is 14.7 Å². The summed E-state index contributed by atoms with van der Waals surface area (Å²) in [6.07, 6.45) is 3.17. The molecule has 1 N–H and O–H groups in total. The Morgan fingerprint density at radius 2 is 1.88 bits per heavy atom. The predicted octanol–water partition coefficient (Wildman–Crippen LogP) is 3.07. The van der Waals surface area contributed by atoms with Crippen LogP contribution in [0.15, 0.2) is 23.8 Å². The van der Waals surface area contributed by atoms with Gasteiger partial charge in [0.1, 0.15) is 0 Å². The third kappa shape index (κ3) is 4.51. The number of hydrogen-bond acceptors (Lipinski definition) is 6. The second-order valence-electron chi connectivity index (χ2n) is 6.83. The quantitative estimate of drug-likeness (QED) is 0.805. The van der Waals surface area contributed by atoms with Gasteiger partial charge in [0.15, 0.2) is 5.12 Å². The zero-order chi connectivity index (χ0) is 18.8. The fourth-order valence-corrected chi connectivity index (χ4v) is 2.84. The van der Waals surface area contributed by atoms with Crippen LogP contribution in [-0.4, -0.2) is 45.2 Å². The molecule has 0 saturated carbocycles. The number of aromatic carboxylic acids is 1. The fourth-order valence-electron chi connectivity index (χ4n) is 2.25. The molecule has 0 bridgehead atoms. The first-order valence-electron chi connectivity index (χ1n) is 7.91. The Bertz CT molecular complexity index is 701. The summed E-state index contributed by atoms with van der Waals surface area (Å²) in [5.41, 5.74) is 0.00247. The minimum absolute atomic E-state index is 0.0399. The summed E-state index contributed by atoms with van der Waals surface area (Å²) >= 11 is 1.12. The third-order valence-electron chi connectivity index (χ3n) is 4.39. The summed E-state index contributed by atoms with van der Waals surface area (Å²) in [5.74, 6) is -0.728. The molecular weight excluding hydrogens is 341 g/mol. The molecule has 1 fully saturated rings. The molecule has 1 aliphatic heterocycles. The summed E-state index contributed by atoms with van der Waals surface area (Å²) in [6.45, 7) is 9.23. The first kappa shape index (κ1) is 19.7. The van der Waals surface area contributed by atoms with E-state index >= 15 is 0 Å². The summed E-state index contributed by atoms with van der Waals surface area (Å²) in [4.78, 5) is 26.9. The molecule has 1 aliphatic rings. The van der Waals surface area contributed by atoms with Crippen LogP contribution in [0.25, 0.3) is 6.08 Å². The maximum absolute atomic E-state index is 11.4. The largest absolute Gasteiger partial charge is 0.491 e. The molecule has 0 aromatic carbocycles. The van der Waals surface area contributed by atoms with Gasteiger partial charge in [-0.05, 0) is 51.4 Å². The normalized spacial score (nSPS) is 19.1. The highest BCUT2D eigenvalue weighted by atomic mass is 32.2. The van der Waals surface area contributed by atoms with E-state index in [1.54, 1.807) is 12.1 Å². The summed E-state index contributed by atoms with van der Waals surface area (Å²) in [5, 5.41) is 9.30. The van der Waals surface area contributed by atoms with Crippen LogP contribution < -0.4 is 0 Å². The molecule has 1 saturated heterocycles. The number of hydrogen-bond donors (Lipinski definition) is 1. The second kappa shape index (κ2) is 7.31. The summed E-state index contributed by atoms with van der Waals surface area (Å²) in [6, 6.07) is 3.06. The Hall–Kier alpha value is -1.64. The van der Waals surface area contributed by atoms with Gasteiger partial charge in [-0.25, -0.2) is 4.79 Å². The van der Waals surface area contributed by atoms with Crippen molar-refractivity contribution < 1.29 is 24.0 Å². The molecule has 134 valence electrons. The minimum atomic E-state index is -1.06. The van der Waals surface area contributed by atoms with Gasteiger partial charge in [-0.1, -0.05) is 11.8 Å². The van der Waals surface area contributed by atoms with E-state index in [0.29, 0.717) is 16.9 Å². The van der Waals surface area contributed by atoms with Gasteiger partial charge >= 0.3 is 13.1 Å². The Labute approximate surface area is 152 Å². The summed E-state index contributed by atoms with van der Waals surface area (Å²) in [7, 11) is -0.666. The number of carbonyl (C=O) groups is 2. The van der Waals surface area contributed by atoms with Crippen LogP contribution in [0.1, 0.15) is 50.7 Å². The molecule has 8 heteroatoms. The third-order valence-corrected chi connectivity index (χ3v) is 5.27. The van der Waals surface area contributed by atoms with Crippen LogP contribution in [0.5, 0.6) is 0 Å². The van der Waals surface area contributed by atoms with Crippen molar-refractivity contribution in [3.05, 3.63) is 35.1 Å². The van der Waals surface area contributed by atoms with E-state index in [1.807, 2.05) is 27.7 Å². The monoisotopic (exact) mass is 363 g/mol. The second-order valence-corrected chi connectivity index (χ2v) is 7.98. The smallest absolute Gasteiger partial charge is 0.478 e. The number of pyridine rings is 1. The van der Waals surface area contributed by atoms with Crippen LogP contribution in [-0.2, 0) is 14.1 Å². The van der Waals surface area contributed by atoms with Gasteiger partial charge in [0.2, 0.25) is 0 Å². The van der Waals surface area contributed by atoms with E-state index in [2.05, 4.69) is 4.98 Å². The topological polar surface area (TPSA) is 85.7 Å². The first-order chi connectivity index (χ1) is 11.5. The van der Waals surface area contributed by atoms with Crippen LogP contribution in [0.4, 0.5) is 0 Å². The predicted molar refractivity (Wildman–Crippen MR) is 98.4 cm³/mol. The number of rotatable bonds is 5. The van der Waals surface area contributed by atoms with Crippen molar-refractivity contribution in [2.75, 3.05) is 5.75 Å². The highest BCUT2D eigenvalue weighted by molar-refractivity contribution is 8.13. The molecule has 0 amide bonds. The van der Waals surface area contributed by atoms with Crippen molar-refractivity contribution in [2.45, 2.75) is 45.8 Å². The molecule has 0 aliphatic carbocycles. The molecule has 2 heterocycles. The number of carboxylic acids is 1. The van der Waals surface area contributed by atoms with E-state index in [4.69, 9.17) is 9.31 Å². The lowest BCUT2D eigenvalue weighted by molar-refractivity contribution is -0.109. The molecule has 25 heavy (non-hydrogen) atoms. The molecule has 0 atom stereocenters. The van der Waals surface area contributed by atoms with Crippen LogP contribution in [0.2, 0.25) is 0 Å². The SMILES string of the molecule is CC(=O)SCC(=Cc1ncccc1C(=O)O)B1OC(C)(C)C(C)(C)O1. The van der Waals surface area contributed by atoms with Crippen molar-refractivity contribution in [1.82, 2.24) is 4.98 Å². The number of thioether (sulfide) groups is 1. The van der Waals surface area contributed by atoms with Gasteiger partial charge in [0.25, 0.3) is 0 Å². The average Bonchev–Trinajstić information content (AvgIpc) is 2.71. The fraction of sp³-hybridized carbons (Fsp3) is 0.471. The van der Waals surface area contributed by atoms with E-state index in [-0.39, 0.29) is 10.7 Å². The molecule has 2 rings (SSSR count). The number of nitrogens with zero attached hydrogens (tertiary/aromatic N) is 1. The molecule has 1 aromatic heterocycles. The van der Waals surface area contributed by atoms with Crippen molar-refractivity contribution in [2.24, 2.45) is 0 Å². The van der Waals surface area contributed by atoms with Gasteiger partial charge in [0, 0.05) is 18.9 Å². The van der Waals surface area contributed by atoms with E-state index in [1.165, 1.54) is 19.2 Å². The maximum atomic E-state index is 11.4. The Balaban J connectivity index is 2.41. The number of carboxylic acid groups (broad SMARTS) is 1. The van der Waals surface area contributed by atoms with Crippen LogP contribution in [0, 0.1) is 0 Å². The lowest BCUT2D eigenvalue weighted by Gasteiger charge is -2.32. The lowest BCUT2D eigenvalue weighted by atomic mass is 9.78. The van der Waals surface area contributed by atoms with Crippen molar-refractivity contribution in [3.63, 3.8) is 0 Å². The molecule has 0 unspecified atom stereocenters. The highest BCUT2D eigenvalue weighted by Gasteiger charge is 2.52. The van der Waals surface area contributed by atoms with E-state index < -0.39 is 24.3 Å². The van der Waals surface area contributed by atoms with Crippen LogP contribution >= 0.6 is 11.8 Å². The van der Waals surface area contributed by atoms with Gasteiger partial charge < -0.3 is 14.4 Å². The van der Waals surface area contributed by atoms with Crippen molar-refractivity contribution >= 4 is 36.0 Å². The maximum Gasteiger partial charge on any atom is 0.491 e. The van der Waals surface area contributed by atoms with Gasteiger partial charge in [-0.2, -0.15) is 0 Å². The average molecular weight is 363 g/mol. The number of carbonyl (C=O) groups excluding carboxylic acids is 1. The number of aromatic nitrogens is 1. The molecule has 0 spiro atoms. The zero-order valence-corrected chi connectivity index (χ0v) is 15.8. The Morgan fingerprint density at radius 3 is 2.40 bits per heavy atom. The molecule has 0 radical (unpaired) electrons. The zero-order valence-electron chi connectivity index (χ0n) is 15.0. The van der Waals surface area contributed by atoms with Crippen LogP contribution in [0.3, 0.4) is 0 Å². The van der Waals surface area contributed by atoms with Crippen molar-refractivity contribution in [3.8, 4) is 0 Å². The van der Waals surface area contributed by atoms with Gasteiger partial charge in [0.05, 0.1) is 22.5 Å². The Morgan fingerprint density at radius 1 is 1.28 bits per heavy atom. The van der Waals surface area contributed by atoms with E-state index in [0.717, 1.165) is 11.8 Å². The first-order valence-corrected chi connectivity index (χ1v) is 8.90. The lowest BCUT2D eigenvalue weighted by Crippen LogP contribution is -2.41. The molecule has 1 aromatic rings. The minimum Gasteiger partial charge on any atom is -0.478 e. The summed E-state index contributed by atoms with van der Waals surface area (Å²) < 4.78 is 12.1. The standard InChI is InChI=1S/C17H22BNO5S/c1-11(20)25-10-12(18-23-16(2,3)17(4,5)24-18)9-14-13(15(21)22)7-6-8-19-14/h6-9H,10H2,1-5H3,(H,21,22).